The van der Waals surface area contributed by atoms with Crippen LogP contribution in [0, 0.1) is 5.41 Å². The monoisotopic (exact) mass is 188 g/mol. The quantitative estimate of drug-likeness (QED) is 0.593. The lowest BCUT2D eigenvalue weighted by atomic mass is 9.85. The first kappa shape index (κ1) is 12.9. The molecule has 13 heavy (non-hydrogen) atoms. The molecule has 1 atom stereocenters. The fourth-order valence-electron chi connectivity index (χ4n) is 1.03. The Morgan fingerprint density at radius 3 is 2.38 bits per heavy atom. The number of hydrogen-bond acceptors (Lipinski definition) is 2. The summed E-state index contributed by atoms with van der Waals surface area (Å²) < 4.78 is 5.46. The number of ether oxygens (including phenoxy) is 1. The summed E-state index contributed by atoms with van der Waals surface area (Å²) in [5.74, 6) is 0. The van der Waals surface area contributed by atoms with E-state index in [1.165, 1.54) is 6.42 Å². The van der Waals surface area contributed by atoms with Crippen molar-refractivity contribution in [2.24, 2.45) is 5.41 Å². The van der Waals surface area contributed by atoms with Crippen molar-refractivity contribution in [3.05, 3.63) is 0 Å². The van der Waals surface area contributed by atoms with Crippen LogP contribution >= 0.6 is 0 Å². The Hall–Kier alpha value is -0.0800. The lowest BCUT2D eigenvalue weighted by molar-refractivity contribution is 0.0633. The zero-order valence-corrected chi connectivity index (χ0v) is 9.31. The highest BCUT2D eigenvalue weighted by Gasteiger charge is 2.20. The summed E-state index contributed by atoms with van der Waals surface area (Å²) in [5.41, 5.74) is 0.0617. The second kappa shape index (κ2) is 7.34. The van der Waals surface area contributed by atoms with Crippen molar-refractivity contribution in [2.45, 2.75) is 46.5 Å². The molecule has 0 spiro atoms. The Bertz CT molecular complexity index is 109. The molecule has 80 valence electrons. The molecule has 0 amide bonds. The van der Waals surface area contributed by atoms with E-state index in [2.05, 4.69) is 20.8 Å². The van der Waals surface area contributed by atoms with E-state index in [0.717, 1.165) is 32.5 Å². The van der Waals surface area contributed by atoms with Crippen LogP contribution in [0.2, 0.25) is 0 Å². The molecule has 0 aromatic heterocycles. The summed E-state index contributed by atoms with van der Waals surface area (Å²) >= 11 is 0. The third-order valence-electron chi connectivity index (χ3n) is 2.73. The van der Waals surface area contributed by atoms with Crippen LogP contribution in [0.3, 0.4) is 0 Å². The molecular formula is C11H24O2. The largest absolute Gasteiger partial charge is 0.396 e. The lowest BCUT2D eigenvalue weighted by Gasteiger charge is -2.25. The molecule has 0 heterocycles. The standard InChI is InChI=1S/C11H24O2/c1-4-6-8-13-9-7-11(3,5-2)10-12/h12H,4-10H2,1-3H3. The SMILES string of the molecule is CCCCOCCC(C)(CC)CO. The van der Waals surface area contributed by atoms with Crippen LogP contribution in [0.1, 0.15) is 46.5 Å². The van der Waals surface area contributed by atoms with E-state index in [4.69, 9.17) is 9.84 Å². The van der Waals surface area contributed by atoms with Gasteiger partial charge in [-0.2, -0.15) is 0 Å². The number of aliphatic hydroxyl groups is 1. The van der Waals surface area contributed by atoms with Crippen molar-refractivity contribution >= 4 is 0 Å². The van der Waals surface area contributed by atoms with Gasteiger partial charge in [0.2, 0.25) is 0 Å². The zero-order valence-electron chi connectivity index (χ0n) is 9.31. The first-order chi connectivity index (χ1) is 6.18. The number of unbranched alkanes of at least 4 members (excludes halogenated alkanes) is 1. The van der Waals surface area contributed by atoms with Gasteiger partial charge in [-0.3, -0.25) is 0 Å². The van der Waals surface area contributed by atoms with Crippen LogP contribution in [0.25, 0.3) is 0 Å². The van der Waals surface area contributed by atoms with Crippen molar-refractivity contribution in [3.8, 4) is 0 Å². The van der Waals surface area contributed by atoms with Gasteiger partial charge in [-0.1, -0.05) is 27.2 Å². The topological polar surface area (TPSA) is 29.5 Å². The Morgan fingerprint density at radius 1 is 1.23 bits per heavy atom. The van der Waals surface area contributed by atoms with Crippen LogP contribution < -0.4 is 0 Å². The third-order valence-corrected chi connectivity index (χ3v) is 2.73. The van der Waals surface area contributed by atoms with Gasteiger partial charge in [0.1, 0.15) is 0 Å². The average Bonchev–Trinajstić information content (AvgIpc) is 2.17. The molecule has 2 heteroatoms. The molecule has 0 bridgehead atoms. The summed E-state index contributed by atoms with van der Waals surface area (Å²) in [5, 5.41) is 9.13. The molecule has 0 aliphatic rings. The van der Waals surface area contributed by atoms with E-state index in [1.54, 1.807) is 0 Å². The second-order valence-corrected chi connectivity index (χ2v) is 4.04. The van der Waals surface area contributed by atoms with Gasteiger partial charge in [-0.25, -0.2) is 0 Å². The van der Waals surface area contributed by atoms with Gasteiger partial charge in [0.05, 0.1) is 0 Å². The van der Waals surface area contributed by atoms with Crippen LogP contribution in [-0.4, -0.2) is 24.9 Å². The van der Waals surface area contributed by atoms with Gasteiger partial charge >= 0.3 is 0 Å². The molecule has 0 fully saturated rings. The minimum Gasteiger partial charge on any atom is -0.396 e. The Kier molecular flexibility index (Phi) is 7.29. The summed E-state index contributed by atoms with van der Waals surface area (Å²) in [4.78, 5) is 0. The van der Waals surface area contributed by atoms with Crippen molar-refractivity contribution < 1.29 is 9.84 Å². The van der Waals surface area contributed by atoms with Crippen molar-refractivity contribution in [2.75, 3.05) is 19.8 Å². The molecule has 1 N–H and O–H groups in total. The summed E-state index contributed by atoms with van der Waals surface area (Å²) in [6, 6.07) is 0. The molecule has 0 saturated heterocycles. The molecule has 0 aliphatic heterocycles. The van der Waals surface area contributed by atoms with E-state index in [-0.39, 0.29) is 12.0 Å². The maximum Gasteiger partial charge on any atom is 0.0485 e. The fourth-order valence-corrected chi connectivity index (χ4v) is 1.03. The Labute approximate surface area is 82.3 Å². The normalized spacial score (nSPS) is 15.7. The van der Waals surface area contributed by atoms with Gasteiger partial charge in [0.25, 0.3) is 0 Å². The Morgan fingerprint density at radius 2 is 1.92 bits per heavy atom. The molecule has 2 nitrogen and oxygen atoms in total. The zero-order chi connectivity index (χ0) is 10.2. The Balaban J connectivity index is 3.39. The molecule has 0 saturated carbocycles. The second-order valence-electron chi connectivity index (χ2n) is 4.04. The minimum absolute atomic E-state index is 0.0617. The molecule has 1 unspecified atom stereocenters. The summed E-state index contributed by atoms with van der Waals surface area (Å²) in [7, 11) is 0. The number of hydrogen-bond donors (Lipinski definition) is 1. The highest BCUT2D eigenvalue weighted by atomic mass is 16.5. The number of rotatable bonds is 8. The lowest BCUT2D eigenvalue weighted by Crippen LogP contribution is -2.22. The van der Waals surface area contributed by atoms with E-state index in [0.29, 0.717) is 0 Å². The van der Waals surface area contributed by atoms with E-state index < -0.39 is 0 Å². The van der Waals surface area contributed by atoms with Crippen LogP contribution in [0.4, 0.5) is 0 Å². The van der Waals surface area contributed by atoms with Crippen LogP contribution in [-0.2, 0) is 4.74 Å². The molecule has 0 aromatic rings. The summed E-state index contributed by atoms with van der Waals surface area (Å²) in [6.45, 7) is 8.29. The number of aliphatic hydroxyl groups excluding tert-OH is 1. The van der Waals surface area contributed by atoms with Gasteiger partial charge in [-0.05, 0) is 24.7 Å². The predicted molar refractivity (Wildman–Crippen MR) is 55.8 cm³/mol. The van der Waals surface area contributed by atoms with E-state index in [9.17, 15) is 0 Å². The highest BCUT2D eigenvalue weighted by molar-refractivity contribution is 4.70. The third kappa shape index (κ3) is 6.05. The fraction of sp³-hybridized carbons (Fsp3) is 1.00. The predicted octanol–water partition coefficient (Wildman–Crippen LogP) is 2.60. The maximum absolute atomic E-state index is 9.13. The van der Waals surface area contributed by atoms with E-state index in [1.807, 2.05) is 0 Å². The first-order valence-electron chi connectivity index (χ1n) is 5.37. The van der Waals surface area contributed by atoms with Gasteiger partial charge < -0.3 is 9.84 Å². The molecule has 0 aromatic carbocycles. The van der Waals surface area contributed by atoms with Gasteiger partial charge in [0.15, 0.2) is 0 Å². The smallest absolute Gasteiger partial charge is 0.0485 e. The van der Waals surface area contributed by atoms with Gasteiger partial charge in [-0.15, -0.1) is 0 Å². The van der Waals surface area contributed by atoms with Crippen LogP contribution in [0.5, 0.6) is 0 Å². The van der Waals surface area contributed by atoms with Crippen molar-refractivity contribution in [3.63, 3.8) is 0 Å². The summed E-state index contributed by atoms with van der Waals surface area (Å²) in [6.07, 6.45) is 4.30. The van der Waals surface area contributed by atoms with Crippen LogP contribution in [0.15, 0.2) is 0 Å². The molecule has 0 aliphatic carbocycles. The molecule has 0 radical (unpaired) electrons. The van der Waals surface area contributed by atoms with E-state index >= 15 is 0 Å². The average molecular weight is 188 g/mol. The van der Waals surface area contributed by atoms with Crippen molar-refractivity contribution in [1.82, 2.24) is 0 Å². The highest BCUT2D eigenvalue weighted by Crippen LogP contribution is 2.24. The van der Waals surface area contributed by atoms with Crippen molar-refractivity contribution in [1.29, 1.82) is 0 Å². The maximum atomic E-state index is 9.13. The van der Waals surface area contributed by atoms with Gasteiger partial charge in [0, 0.05) is 19.8 Å². The first-order valence-corrected chi connectivity index (χ1v) is 5.37. The molecular weight excluding hydrogens is 164 g/mol. The molecule has 0 rings (SSSR count). The minimum atomic E-state index is 0.0617.